The van der Waals surface area contributed by atoms with Crippen LogP contribution in [0.25, 0.3) is 0 Å². The number of halogens is 1. The van der Waals surface area contributed by atoms with E-state index in [0.29, 0.717) is 32.4 Å². The molecule has 0 aromatic heterocycles. The summed E-state index contributed by atoms with van der Waals surface area (Å²) in [5.74, 6) is -0.609. The number of rotatable bonds is 4. The van der Waals surface area contributed by atoms with Crippen LogP contribution in [0.15, 0.2) is 29.4 Å². The molecule has 1 fully saturated rings. The van der Waals surface area contributed by atoms with Crippen LogP contribution in [0.1, 0.15) is 25.3 Å². The molecular weight excluding hydrogens is 313 g/mol. The molecule has 0 unspecified atom stereocenters. The van der Waals surface area contributed by atoms with Crippen LogP contribution in [0.4, 0.5) is 4.39 Å². The van der Waals surface area contributed by atoms with Gasteiger partial charge in [0.05, 0.1) is 5.71 Å². The zero-order valence-electron chi connectivity index (χ0n) is 13.5. The minimum Gasteiger partial charge on any atom is -0.382 e. The van der Waals surface area contributed by atoms with E-state index in [-0.39, 0.29) is 17.6 Å². The quantitative estimate of drug-likeness (QED) is 0.901. The van der Waals surface area contributed by atoms with Crippen LogP contribution < -0.4 is 5.32 Å². The highest BCUT2D eigenvalue weighted by molar-refractivity contribution is 5.96. The van der Waals surface area contributed by atoms with Gasteiger partial charge in [0, 0.05) is 25.9 Å². The summed E-state index contributed by atoms with van der Waals surface area (Å²) in [5.41, 5.74) is 1.66. The van der Waals surface area contributed by atoms with Crippen molar-refractivity contribution in [3.8, 4) is 0 Å². The van der Waals surface area contributed by atoms with E-state index in [9.17, 15) is 14.0 Å². The number of hydrogen-bond donors (Lipinski definition) is 1. The Labute approximate surface area is 139 Å². The van der Waals surface area contributed by atoms with E-state index in [2.05, 4.69) is 10.5 Å². The van der Waals surface area contributed by atoms with Crippen LogP contribution in [0.2, 0.25) is 0 Å². The van der Waals surface area contributed by atoms with E-state index < -0.39 is 12.1 Å². The Kier molecular flexibility index (Phi) is 4.78. The largest absolute Gasteiger partial charge is 0.382 e. The maximum Gasteiger partial charge on any atom is 0.267 e. The molecule has 0 bridgehead atoms. The minimum atomic E-state index is -0.680. The van der Waals surface area contributed by atoms with E-state index in [0.717, 1.165) is 11.3 Å². The van der Waals surface area contributed by atoms with Gasteiger partial charge in [0.2, 0.25) is 12.0 Å². The van der Waals surface area contributed by atoms with Gasteiger partial charge in [-0.15, -0.1) is 0 Å². The van der Waals surface area contributed by atoms with Crippen molar-refractivity contribution in [2.75, 3.05) is 13.1 Å². The number of nitrogens with one attached hydrogen (secondary N) is 1. The fourth-order valence-corrected chi connectivity index (χ4v) is 3.07. The first-order valence-electron chi connectivity index (χ1n) is 8.12. The van der Waals surface area contributed by atoms with Crippen LogP contribution in [-0.4, -0.2) is 47.7 Å². The van der Waals surface area contributed by atoms with E-state index in [1.54, 1.807) is 17.0 Å². The summed E-state index contributed by atoms with van der Waals surface area (Å²) in [6.07, 6.45) is 0.792. The molecule has 6 nitrogen and oxygen atoms in total. The third-order valence-corrected chi connectivity index (χ3v) is 4.33. The van der Waals surface area contributed by atoms with Gasteiger partial charge in [-0.3, -0.25) is 9.59 Å². The fraction of sp³-hybridized carbons (Fsp3) is 0.471. The summed E-state index contributed by atoms with van der Waals surface area (Å²) < 4.78 is 12.9. The second kappa shape index (κ2) is 6.98. The molecule has 0 spiro atoms. The Hall–Kier alpha value is -2.44. The van der Waals surface area contributed by atoms with E-state index >= 15 is 0 Å². The van der Waals surface area contributed by atoms with Gasteiger partial charge in [-0.1, -0.05) is 24.2 Å². The van der Waals surface area contributed by atoms with Crippen LogP contribution in [0.3, 0.4) is 0 Å². The standard InChI is InChI=1S/C17H20FN3O3/c1-2-14-16(22)19-7-8-21(14)17(23)15-10-13(20-24-15)9-11-3-5-12(18)6-4-11/h3-6,14-15H,2,7-10H2,1H3,(H,19,22)/t14-,15-/m0/s1. The second-order valence-electron chi connectivity index (χ2n) is 6.01. The van der Waals surface area contributed by atoms with Gasteiger partial charge >= 0.3 is 0 Å². The molecule has 2 atom stereocenters. The molecule has 3 rings (SSSR count). The predicted octanol–water partition coefficient (Wildman–Crippen LogP) is 1.25. The Morgan fingerprint density at radius 1 is 1.42 bits per heavy atom. The van der Waals surface area contributed by atoms with E-state index in [1.165, 1.54) is 12.1 Å². The van der Waals surface area contributed by atoms with Crippen molar-refractivity contribution in [3.63, 3.8) is 0 Å². The summed E-state index contributed by atoms with van der Waals surface area (Å²) >= 11 is 0. The highest BCUT2D eigenvalue weighted by Crippen LogP contribution is 2.19. The highest BCUT2D eigenvalue weighted by Gasteiger charge is 2.38. The van der Waals surface area contributed by atoms with Crippen molar-refractivity contribution in [1.29, 1.82) is 0 Å². The Morgan fingerprint density at radius 2 is 2.17 bits per heavy atom. The van der Waals surface area contributed by atoms with Gasteiger partial charge < -0.3 is 15.1 Å². The van der Waals surface area contributed by atoms with Crippen LogP contribution in [0.5, 0.6) is 0 Å². The van der Waals surface area contributed by atoms with Crippen molar-refractivity contribution in [1.82, 2.24) is 10.2 Å². The normalized spacial score (nSPS) is 23.5. The third kappa shape index (κ3) is 3.39. The molecule has 2 heterocycles. The van der Waals surface area contributed by atoms with E-state index in [1.807, 2.05) is 6.92 Å². The summed E-state index contributed by atoms with van der Waals surface area (Å²) in [5, 5.41) is 6.77. The van der Waals surface area contributed by atoms with Crippen LogP contribution in [-0.2, 0) is 20.8 Å². The molecule has 1 saturated heterocycles. The lowest BCUT2D eigenvalue weighted by Crippen LogP contribution is -2.58. The Morgan fingerprint density at radius 3 is 2.88 bits per heavy atom. The Bertz CT molecular complexity index is 660. The average Bonchev–Trinajstić information content (AvgIpc) is 3.04. The number of amides is 2. The molecule has 24 heavy (non-hydrogen) atoms. The number of oxime groups is 1. The highest BCUT2D eigenvalue weighted by atomic mass is 19.1. The third-order valence-electron chi connectivity index (χ3n) is 4.33. The first-order valence-corrected chi connectivity index (χ1v) is 8.12. The lowest BCUT2D eigenvalue weighted by molar-refractivity contribution is -0.151. The molecule has 1 aromatic carbocycles. The fourth-order valence-electron chi connectivity index (χ4n) is 3.07. The number of nitrogens with zero attached hydrogens (tertiary/aromatic N) is 2. The zero-order valence-corrected chi connectivity index (χ0v) is 13.5. The van der Waals surface area contributed by atoms with Gasteiger partial charge in [-0.25, -0.2) is 4.39 Å². The summed E-state index contributed by atoms with van der Waals surface area (Å²) in [7, 11) is 0. The van der Waals surface area contributed by atoms with Crippen molar-refractivity contribution >= 4 is 17.5 Å². The maximum atomic E-state index is 12.9. The molecule has 0 saturated carbocycles. The number of piperazine rings is 1. The Balaban J connectivity index is 1.60. The molecule has 1 aromatic rings. The molecule has 7 heteroatoms. The lowest BCUT2D eigenvalue weighted by atomic mass is 10.0. The zero-order chi connectivity index (χ0) is 17.1. The van der Waals surface area contributed by atoms with Gasteiger partial charge in [0.25, 0.3) is 5.91 Å². The monoisotopic (exact) mass is 333 g/mol. The summed E-state index contributed by atoms with van der Waals surface area (Å²) in [4.78, 5) is 31.4. The molecule has 0 aliphatic carbocycles. The summed E-state index contributed by atoms with van der Waals surface area (Å²) in [6, 6.07) is 5.72. The smallest absolute Gasteiger partial charge is 0.267 e. The topological polar surface area (TPSA) is 71.0 Å². The van der Waals surface area contributed by atoms with Crippen LogP contribution in [0, 0.1) is 5.82 Å². The molecule has 2 aliphatic rings. The number of carbonyl (C=O) groups excluding carboxylic acids is 2. The molecule has 2 aliphatic heterocycles. The van der Waals surface area contributed by atoms with Gasteiger partial charge in [-0.05, 0) is 24.1 Å². The number of benzene rings is 1. The van der Waals surface area contributed by atoms with Gasteiger partial charge in [-0.2, -0.15) is 0 Å². The summed E-state index contributed by atoms with van der Waals surface area (Å²) in [6.45, 7) is 2.81. The molecular formula is C17H20FN3O3. The maximum absolute atomic E-state index is 12.9. The molecule has 0 radical (unpaired) electrons. The molecule has 2 amide bonds. The number of carbonyl (C=O) groups is 2. The van der Waals surface area contributed by atoms with Crippen molar-refractivity contribution in [2.24, 2.45) is 5.16 Å². The molecule has 1 N–H and O–H groups in total. The SMILES string of the molecule is CC[C@H]1C(=O)NCCN1C(=O)[C@@H]1CC(Cc2ccc(F)cc2)=NO1. The van der Waals surface area contributed by atoms with Gasteiger partial charge in [0.15, 0.2) is 0 Å². The van der Waals surface area contributed by atoms with Gasteiger partial charge in [0.1, 0.15) is 11.9 Å². The van der Waals surface area contributed by atoms with E-state index in [4.69, 9.17) is 4.84 Å². The van der Waals surface area contributed by atoms with Crippen molar-refractivity contribution in [3.05, 3.63) is 35.6 Å². The average molecular weight is 333 g/mol. The lowest BCUT2D eigenvalue weighted by Gasteiger charge is -2.35. The second-order valence-corrected chi connectivity index (χ2v) is 6.01. The number of hydrogen-bond acceptors (Lipinski definition) is 4. The minimum absolute atomic E-state index is 0.123. The first-order chi connectivity index (χ1) is 11.6. The van der Waals surface area contributed by atoms with Crippen LogP contribution >= 0.6 is 0 Å². The van der Waals surface area contributed by atoms with Crippen molar-refractivity contribution in [2.45, 2.75) is 38.3 Å². The predicted molar refractivity (Wildman–Crippen MR) is 85.8 cm³/mol. The van der Waals surface area contributed by atoms with Crippen molar-refractivity contribution < 1.29 is 18.8 Å². The molecule has 128 valence electrons. The first kappa shape index (κ1) is 16.4.